The second-order valence-corrected chi connectivity index (χ2v) is 7.59. The standard InChI is InChI=1S/C23H28N8O5/c1-4-12-9-13(16-11-27-20-18(28-16)19(24)30-23(25)31-20)14(10-26-12)21(33)29-15(22(34)36-6-3)7-8-17(32)35-5-2/h9-11,15H,4-8H2,1-3H3,(H,29,33)(H4,24,25,27,30,31)/t15-/m0/s1. The first kappa shape index (κ1) is 26.2. The van der Waals surface area contributed by atoms with Gasteiger partial charge in [-0.05, 0) is 32.8 Å². The molecule has 3 rings (SSSR count). The molecular formula is C23H28N8O5. The minimum absolute atomic E-state index is 0.00425. The van der Waals surface area contributed by atoms with Crippen molar-refractivity contribution in [2.45, 2.75) is 46.1 Å². The van der Waals surface area contributed by atoms with E-state index in [9.17, 15) is 14.4 Å². The second-order valence-electron chi connectivity index (χ2n) is 7.59. The zero-order valence-electron chi connectivity index (χ0n) is 20.3. The van der Waals surface area contributed by atoms with Crippen LogP contribution in [0, 0.1) is 0 Å². The molecule has 1 atom stereocenters. The zero-order valence-corrected chi connectivity index (χ0v) is 20.3. The number of fused-ring (bicyclic) bond motifs is 1. The van der Waals surface area contributed by atoms with Gasteiger partial charge in [0.2, 0.25) is 5.95 Å². The van der Waals surface area contributed by atoms with Crippen LogP contribution < -0.4 is 16.8 Å². The van der Waals surface area contributed by atoms with Crippen molar-refractivity contribution in [2.24, 2.45) is 0 Å². The lowest BCUT2D eigenvalue weighted by Crippen LogP contribution is -2.42. The number of nitrogens with one attached hydrogen (secondary N) is 1. The molecule has 0 unspecified atom stereocenters. The lowest BCUT2D eigenvalue weighted by atomic mass is 10.0. The summed E-state index contributed by atoms with van der Waals surface area (Å²) in [5, 5.41) is 2.64. The number of aryl methyl sites for hydroxylation is 1. The molecule has 0 aliphatic rings. The Labute approximate surface area is 207 Å². The van der Waals surface area contributed by atoms with E-state index in [4.69, 9.17) is 20.9 Å². The van der Waals surface area contributed by atoms with Crippen LogP contribution in [-0.4, -0.2) is 62.0 Å². The van der Waals surface area contributed by atoms with Gasteiger partial charge in [0.05, 0.1) is 30.7 Å². The Hall–Kier alpha value is -4.42. The van der Waals surface area contributed by atoms with E-state index in [1.54, 1.807) is 19.9 Å². The Morgan fingerprint density at radius 2 is 1.75 bits per heavy atom. The molecule has 13 nitrogen and oxygen atoms in total. The zero-order chi connectivity index (χ0) is 26.2. The van der Waals surface area contributed by atoms with Gasteiger partial charge in [-0.15, -0.1) is 0 Å². The number of nitrogen functional groups attached to an aromatic ring is 2. The molecule has 0 spiro atoms. The number of amides is 1. The fraction of sp³-hybridized carbons (Fsp3) is 0.391. The smallest absolute Gasteiger partial charge is 0.328 e. The molecule has 0 fully saturated rings. The minimum Gasteiger partial charge on any atom is -0.466 e. The van der Waals surface area contributed by atoms with Crippen molar-refractivity contribution in [1.29, 1.82) is 0 Å². The molecule has 1 amide bonds. The van der Waals surface area contributed by atoms with Crippen LogP contribution in [0.4, 0.5) is 11.8 Å². The van der Waals surface area contributed by atoms with E-state index in [1.165, 1.54) is 12.4 Å². The number of nitrogens with zero attached hydrogens (tertiary/aromatic N) is 5. The van der Waals surface area contributed by atoms with Crippen molar-refractivity contribution in [3.05, 3.63) is 29.7 Å². The highest BCUT2D eigenvalue weighted by Crippen LogP contribution is 2.25. The Kier molecular flexibility index (Phi) is 8.60. The Bertz CT molecular complexity index is 1280. The molecule has 36 heavy (non-hydrogen) atoms. The van der Waals surface area contributed by atoms with Crippen LogP contribution in [-0.2, 0) is 25.5 Å². The molecule has 0 saturated heterocycles. The van der Waals surface area contributed by atoms with Crippen molar-refractivity contribution in [3.63, 3.8) is 0 Å². The van der Waals surface area contributed by atoms with E-state index < -0.39 is 23.9 Å². The van der Waals surface area contributed by atoms with E-state index in [2.05, 4.69) is 30.2 Å². The highest BCUT2D eigenvalue weighted by Gasteiger charge is 2.26. The topological polar surface area (TPSA) is 198 Å². The molecule has 0 saturated carbocycles. The van der Waals surface area contributed by atoms with Gasteiger partial charge in [-0.3, -0.25) is 14.6 Å². The van der Waals surface area contributed by atoms with E-state index in [1.807, 2.05) is 6.92 Å². The molecule has 13 heteroatoms. The highest BCUT2D eigenvalue weighted by molar-refractivity contribution is 6.02. The van der Waals surface area contributed by atoms with Gasteiger partial charge in [0, 0.05) is 23.9 Å². The van der Waals surface area contributed by atoms with Gasteiger partial charge in [-0.2, -0.15) is 9.97 Å². The van der Waals surface area contributed by atoms with Crippen LogP contribution >= 0.6 is 0 Å². The van der Waals surface area contributed by atoms with Crippen LogP contribution in [0.25, 0.3) is 22.4 Å². The summed E-state index contributed by atoms with van der Waals surface area (Å²) < 4.78 is 9.99. The van der Waals surface area contributed by atoms with E-state index in [-0.39, 0.29) is 54.5 Å². The summed E-state index contributed by atoms with van der Waals surface area (Å²) in [5.74, 6) is -1.74. The SMILES string of the molecule is CCOC(=O)CC[C@H](NC(=O)c1cnc(CC)cc1-c1cnc2nc(N)nc(N)c2n1)C(=O)OCC. The third-order valence-corrected chi connectivity index (χ3v) is 5.11. The van der Waals surface area contributed by atoms with Crippen molar-refractivity contribution in [1.82, 2.24) is 30.2 Å². The fourth-order valence-electron chi connectivity index (χ4n) is 3.38. The number of hydrogen-bond acceptors (Lipinski definition) is 12. The van der Waals surface area contributed by atoms with Crippen LogP contribution in [0.2, 0.25) is 0 Å². The van der Waals surface area contributed by atoms with Gasteiger partial charge in [0.25, 0.3) is 5.91 Å². The largest absolute Gasteiger partial charge is 0.466 e. The summed E-state index contributed by atoms with van der Waals surface area (Å²) in [4.78, 5) is 58.6. The van der Waals surface area contributed by atoms with Gasteiger partial charge in [0.1, 0.15) is 6.04 Å². The van der Waals surface area contributed by atoms with Gasteiger partial charge in [0.15, 0.2) is 17.0 Å². The monoisotopic (exact) mass is 496 g/mol. The Morgan fingerprint density at radius 3 is 2.44 bits per heavy atom. The van der Waals surface area contributed by atoms with Crippen molar-refractivity contribution in [2.75, 3.05) is 24.7 Å². The van der Waals surface area contributed by atoms with Crippen LogP contribution in [0.1, 0.15) is 49.7 Å². The summed E-state index contributed by atoms with van der Waals surface area (Å²) in [6, 6.07) is 0.632. The molecule has 190 valence electrons. The molecule has 0 aliphatic carbocycles. The highest BCUT2D eigenvalue weighted by atomic mass is 16.5. The lowest BCUT2D eigenvalue weighted by Gasteiger charge is -2.18. The Morgan fingerprint density at radius 1 is 1.00 bits per heavy atom. The summed E-state index contributed by atoms with van der Waals surface area (Å²) in [6.45, 7) is 5.57. The quantitative estimate of drug-likeness (QED) is 0.339. The van der Waals surface area contributed by atoms with Crippen molar-refractivity contribution >= 4 is 40.8 Å². The number of hydrogen-bond donors (Lipinski definition) is 3. The molecule has 3 heterocycles. The number of esters is 2. The third kappa shape index (κ3) is 6.17. The van der Waals surface area contributed by atoms with E-state index in [0.29, 0.717) is 23.4 Å². The molecular weight excluding hydrogens is 468 g/mol. The minimum atomic E-state index is -1.07. The maximum atomic E-state index is 13.3. The van der Waals surface area contributed by atoms with E-state index >= 15 is 0 Å². The van der Waals surface area contributed by atoms with Crippen molar-refractivity contribution < 1.29 is 23.9 Å². The molecule has 0 bridgehead atoms. The maximum Gasteiger partial charge on any atom is 0.328 e. The number of rotatable bonds is 10. The average molecular weight is 497 g/mol. The summed E-state index contributed by atoms with van der Waals surface area (Å²) >= 11 is 0. The molecule has 3 aromatic rings. The van der Waals surface area contributed by atoms with E-state index in [0.717, 1.165) is 0 Å². The van der Waals surface area contributed by atoms with Crippen LogP contribution in [0.15, 0.2) is 18.5 Å². The first-order chi connectivity index (χ1) is 17.3. The summed E-state index contributed by atoms with van der Waals surface area (Å²) in [5.41, 5.74) is 13.6. The first-order valence-corrected chi connectivity index (χ1v) is 11.4. The average Bonchev–Trinajstić information content (AvgIpc) is 2.86. The molecule has 3 aromatic heterocycles. The summed E-state index contributed by atoms with van der Waals surface area (Å²) in [7, 11) is 0. The number of ether oxygens (including phenoxy) is 2. The molecule has 0 aromatic carbocycles. The van der Waals surface area contributed by atoms with Gasteiger partial charge < -0.3 is 26.3 Å². The van der Waals surface area contributed by atoms with Crippen LogP contribution in [0.5, 0.6) is 0 Å². The predicted octanol–water partition coefficient (Wildman–Crippen LogP) is 1.21. The van der Waals surface area contributed by atoms with Gasteiger partial charge in [-0.25, -0.2) is 14.8 Å². The number of carbonyl (C=O) groups is 3. The number of nitrogens with two attached hydrogens (primary N) is 2. The second kappa shape index (κ2) is 11.8. The lowest BCUT2D eigenvalue weighted by molar-refractivity contribution is -0.146. The number of anilines is 2. The molecule has 5 N–H and O–H groups in total. The molecule has 0 radical (unpaired) electrons. The number of carbonyl (C=O) groups excluding carboxylic acids is 3. The maximum absolute atomic E-state index is 13.3. The predicted molar refractivity (Wildman–Crippen MR) is 130 cm³/mol. The van der Waals surface area contributed by atoms with Crippen molar-refractivity contribution in [3.8, 4) is 11.3 Å². The van der Waals surface area contributed by atoms with Crippen LogP contribution in [0.3, 0.4) is 0 Å². The normalized spacial score (nSPS) is 11.6. The number of pyridine rings is 1. The van der Waals surface area contributed by atoms with Gasteiger partial charge in [-0.1, -0.05) is 6.92 Å². The molecule has 0 aliphatic heterocycles. The fourth-order valence-corrected chi connectivity index (χ4v) is 3.38. The first-order valence-electron chi connectivity index (χ1n) is 11.4. The third-order valence-electron chi connectivity index (χ3n) is 5.11. The summed E-state index contributed by atoms with van der Waals surface area (Å²) in [6.07, 6.45) is 3.36. The number of aromatic nitrogens is 5. The van der Waals surface area contributed by atoms with Gasteiger partial charge >= 0.3 is 11.9 Å². The Balaban J connectivity index is 1.97.